The molecule has 1 aromatic heterocycles. The molecule has 0 bridgehead atoms. The lowest BCUT2D eigenvalue weighted by Crippen LogP contribution is -2.38. The van der Waals surface area contributed by atoms with Gasteiger partial charge in [0.2, 0.25) is 5.91 Å². The van der Waals surface area contributed by atoms with Crippen LogP contribution in [0.1, 0.15) is 41.9 Å². The second-order valence-electron chi connectivity index (χ2n) is 5.97. The highest BCUT2D eigenvalue weighted by molar-refractivity contribution is 6.30. The largest absolute Gasteiger partial charge is 0.477 e. The number of aromatic carboxylic acids is 1. The molecule has 0 spiro atoms. The maximum absolute atomic E-state index is 12.8. The van der Waals surface area contributed by atoms with Crippen molar-refractivity contribution in [3.63, 3.8) is 0 Å². The first kappa shape index (κ1) is 16.5. The number of nitrogens with zero attached hydrogens (tertiary/aromatic N) is 3. The molecule has 6 nitrogen and oxygen atoms in total. The molecule has 0 radical (unpaired) electrons. The van der Waals surface area contributed by atoms with Crippen LogP contribution in [0.2, 0.25) is 5.02 Å². The molecular formula is C17H18ClN3O3. The number of aromatic nitrogens is 2. The minimum atomic E-state index is -1.09. The molecule has 1 saturated carbocycles. The lowest BCUT2D eigenvalue weighted by atomic mass is 10.1. The summed E-state index contributed by atoms with van der Waals surface area (Å²) in [5.41, 5.74) is 1.02. The molecule has 0 saturated heterocycles. The van der Waals surface area contributed by atoms with Crippen molar-refractivity contribution in [2.75, 3.05) is 0 Å². The standard InChI is InChI=1S/C17H18ClN3O3/c1-11(12-2-4-13(18)5-3-12)21(14-6-7-14)16(22)9-20-10-19-8-15(20)17(23)24/h2-5,8,10-11,14H,6-7,9H2,1H3,(H,23,24). The fourth-order valence-electron chi connectivity index (χ4n) is 2.84. The van der Waals surface area contributed by atoms with Crippen molar-refractivity contribution in [2.24, 2.45) is 0 Å². The topological polar surface area (TPSA) is 75.4 Å². The van der Waals surface area contributed by atoms with Crippen LogP contribution in [-0.4, -0.2) is 37.5 Å². The van der Waals surface area contributed by atoms with E-state index in [0.29, 0.717) is 5.02 Å². The normalized spacial score (nSPS) is 15.1. The van der Waals surface area contributed by atoms with Crippen LogP contribution >= 0.6 is 11.6 Å². The van der Waals surface area contributed by atoms with Gasteiger partial charge in [-0.2, -0.15) is 0 Å². The summed E-state index contributed by atoms with van der Waals surface area (Å²) in [6.07, 6.45) is 4.57. The molecule has 1 aliphatic rings. The maximum atomic E-state index is 12.8. The molecule has 1 N–H and O–H groups in total. The second kappa shape index (κ2) is 6.65. The molecule has 1 fully saturated rings. The van der Waals surface area contributed by atoms with Gasteiger partial charge in [0.15, 0.2) is 0 Å². The van der Waals surface area contributed by atoms with Gasteiger partial charge in [-0.1, -0.05) is 23.7 Å². The minimum Gasteiger partial charge on any atom is -0.477 e. The Bertz CT molecular complexity index is 753. The predicted octanol–water partition coefficient (Wildman–Crippen LogP) is 2.99. The molecule has 1 aliphatic carbocycles. The van der Waals surface area contributed by atoms with Gasteiger partial charge in [-0.05, 0) is 37.5 Å². The van der Waals surface area contributed by atoms with Gasteiger partial charge in [0.1, 0.15) is 12.2 Å². The Kier molecular flexibility index (Phi) is 4.57. The van der Waals surface area contributed by atoms with E-state index < -0.39 is 5.97 Å². The smallest absolute Gasteiger partial charge is 0.354 e. The van der Waals surface area contributed by atoms with Crippen LogP contribution in [0.15, 0.2) is 36.8 Å². The predicted molar refractivity (Wildman–Crippen MR) is 88.9 cm³/mol. The van der Waals surface area contributed by atoms with Gasteiger partial charge in [-0.25, -0.2) is 9.78 Å². The van der Waals surface area contributed by atoms with Gasteiger partial charge >= 0.3 is 5.97 Å². The summed E-state index contributed by atoms with van der Waals surface area (Å²) >= 11 is 5.93. The number of carboxylic acid groups (broad SMARTS) is 1. The number of halogens is 1. The summed E-state index contributed by atoms with van der Waals surface area (Å²) in [5.74, 6) is -1.20. The average molecular weight is 348 g/mol. The van der Waals surface area contributed by atoms with Crippen molar-refractivity contribution in [3.8, 4) is 0 Å². The highest BCUT2D eigenvalue weighted by atomic mass is 35.5. The first-order valence-corrected chi connectivity index (χ1v) is 8.15. The summed E-state index contributed by atoms with van der Waals surface area (Å²) in [7, 11) is 0. The fraction of sp³-hybridized carbons (Fsp3) is 0.353. The highest BCUT2D eigenvalue weighted by Crippen LogP contribution is 2.35. The van der Waals surface area contributed by atoms with E-state index in [4.69, 9.17) is 16.7 Å². The quantitative estimate of drug-likeness (QED) is 0.871. The third-order valence-electron chi connectivity index (χ3n) is 4.23. The molecular weight excluding hydrogens is 330 g/mol. The number of carboxylic acids is 1. The van der Waals surface area contributed by atoms with E-state index in [2.05, 4.69) is 4.98 Å². The molecule has 2 aromatic rings. The number of amides is 1. The van der Waals surface area contributed by atoms with Crippen LogP contribution in [0.5, 0.6) is 0 Å². The molecule has 3 rings (SSSR count). The number of rotatable bonds is 6. The molecule has 1 amide bonds. The van der Waals surface area contributed by atoms with Crippen molar-refractivity contribution >= 4 is 23.5 Å². The van der Waals surface area contributed by atoms with Crippen LogP contribution in [-0.2, 0) is 11.3 Å². The van der Waals surface area contributed by atoms with E-state index in [1.807, 2.05) is 24.0 Å². The Hall–Kier alpha value is -2.34. The Morgan fingerprint density at radius 2 is 2.04 bits per heavy atom. The zero-order chi connectivity index (χ0) is 17.3. The van der Waals surface area contributed by atoms with Gasteiger partial charge in [0.25, 0.3) is 0 Å². The summed E-state index contributed by atoms with van der Waals surface area (Å²) in [6.45, 7) is 1.95. The maximum Gasteiger partial charge on any atom is 0.354 e. The van der Waals surface area contributed by atoms with Crippen LogP contribution < -0.4 is 0 Å². The fourth-order valence-corrected chi connectivity index (χ4v) is 2.97. The van der Waals surface area contributed by atoms with Gasteiger partial charge in [0.05, 0.1) is 18.6 Å². The molecule has 7 heteroatoms. The average Bonchev–Trinajstić information content (AvgIpc) is 3.25. The molecule has 1 heterocycles. The van der Waals surface area contributed by atoms with Crippen molar-refractivity contribution in [3.05, 3.63) is 53.1 Å². The van der Waals surface area contributed by atoms with E-state index in [1.54, 1.807) is 12.1 Å². The third kappa shape index (κ3) is 3.43. The SMILES string of the molecule is CC(c1ccc(Cl)cc1)N(C(=O)Cn1cncc1C(=O)O)C1CC1. The van der Waals surface area contributed by atoms with E-state index in [0.717, 1.165) is 18.4 Å². The summed E-state index contributed by atoms with van der Waals surface area (Å²) in [6, 6.07) is 7.55. The van der Waals surface area contributed by atoms with Gasteiger partial charge in [0, 0.05) is 11.1 Å². The molecule has 24 heavy (non-hydrogen) atoms. The molecule has 1 atom stereocenters. The zero-order valence-electron chi connectivity index (χ0n) is 13.2. The first-order chi connectivity index (χ1) is 11.5. The van der Waals surface area contributed by atoms with E-state index >= 15 is 0 Å². The lowest BCUT2D eigenvalue weighted by Gasteiger charge is -2.30. The Balaban J connectivity index is 1.80. The molecule has 0 aliphatic heterocycles. The molecule has 1 aromatic carbocycles. The van der Waals surface area contributed by atoms with Gasteiger partial charge < -0.3 is 14.6 Å². The van der Waals surface area contributed by atoms with Crippen molar-refractivity contribution in [1.29, 1.82) is 0 Å². The van der Waals surface area contributed by atoms with Crippen LogP contribution in [0.25, 0.3) is 0 Å². The zero-order valence-corrected chi connectivity index (χ0v) is 14.0. The van der Waals surface area contributed by atoms with E-state index in [9.17, 15) is 9.59 Å². The van der Waals surface area contributed by atoms with Crippen molar-refractivity contribution < 1.29 is 14.7 Å². The number of hydrogen-bond acceptors (Lipinski definition) is 3. The number of imidazole rings is 1. The Morgan fingerprint density at radius 3 is 2.62 bits per heavy atom. The Labute approximate surface area is 144 Å². The summed E-state index contributed by atoms with van der Waals surface area (Å²) in [4.78, 5) is 29.6. The van der Waals surface area contributed by atoms with Crippen LogP contribution in [0.4, 0.5) is 0 Å². The van der Waals surface area contributed by atoms with E-state index in [1.165, 1.54) is 17.1 Å². The second-order valence-corrected chi connectivity index (χ2v) is 6.41. The van der Waals surface area contributed by atoms with Crippen molar-refractivity contribution in [2.45, 2.75) is 38.4 Å². The van der Waals surface area contributed by atoms with Gasteiger partial charge in [-0.15, -0.1) is 0 Å². The lowest BCUT2D eigenvalue weighted by molar-refractivity contribution is -0.134. The molecule has 1 unspecified atom stereocenters. The molecule has 126 valence electrons. The van der Waals surface area contributed by atoms with Crippen molar-refractivity contribution in [1.82, 2.24) is 14.5 Å². The summed E-state index contributed by atoms with van der Waals surface area (Å²) in [5, 5.41) is 9.80. The monoisotopic (exact) mass is 347 g/mol. The highest BCUT2D eigenvalue weighted by Gasteiger charge is 2.36. The summed E-state index contributed by atoms with van der Waals surface area (Å²) < 4.78 is 1.37. The van der Waals surface area contributed by atoms with Gasteiger partial charge in [-0.3, -0.25) is 4.79 Å². The Morgan fingerprint density at radius 1 is 1.38 bits per heavy atom. The van der Waals surface area contributed by atoms with Crippen LogP contribution in [0, 0.1) is 0 Å². The first-order valence-electron chi connectivity index (χ1n) is 7.77. The number of carbonyl (C=O) groups is 2. The van der Waals surface area contributed by atoms with Crippen LogP contribution in [0.3, 0.4) is 0 Å². The number of hydrogen-bond donors (Lipinski definition) is 1. The number of benzene rings is 1. The van der Waals surface area contributed by atoms with E-state index in [-0.39, 0.29) is 30.2 Å². The minimum absolute atomic E-state index is 0.0123. The number of carbonyl (C=O) groups excluding carboxylic acids is 1. The third-order valence-corrected chi connectivity index (χ3v) is 4.49.